The fraction of sp³-hybridized carbons (Fsp3) is 0.174. The molecule has 7 heteroatoms. The standard InChI is InChI=1S/C23H23ClN2O3S/c1-16-4-6-18(7-5-16)17(2)25-23(27)19-8-12-21(13-9-19)26(3)30(28,29)22-14-10-20(24)11-15-22/h4-15,17H,1-3H3,(H,25,27)/t17-/m1/s1. The number of carbonyl (C=O) groups excluding carboxylic acids is 1. The Morgan fingerprint density at radius 1 is 0.933 bits per heavy atom. The molecule has 3 rings (SSSR count). The zero-order chi connectivity index (χ0) is 21.9. The van der Waals surface area contributed by atoms with Crippen molar-refractivity contribution >= 4 is 33.2 Å². The molecule has 0 aliphatic carbocycles. The predicted molar refractivity (Wildman–Crippen MR) is 121 cm³/mol. The van der Waals surface area contributed by atoms with Crippen LogP contribution in [-0.2, 0) is 10.0 Å². The first-order valence-corrected chi connectivity index (χ1v) is 11.2. The number of hydrogen-bond acceptors (Lipinski definition) is 3. The van der Waals surface area contributed by atoms with E-state index in [9.17, 15) is 13.2 Å². The first kappa shape index (κ1) is 21.9. The van der Waals surface area contributed by atoms with Crippen LogP contribution < -0.4 is 9.62 Å². The SMILES string of the molecule is Cc1ccc([C@@H](C)NC(=O)c2ccc(N(C)S(=O)(=O)c3ccc(Cl)cc3)cc2)cc1. The van der Waals surface area contributed by atoms with Crippen LogP contribution >= 0.6 is 11.6 Å². The lowest BCUT2D eigenvalue weighted by atomic mass is 10.1. The summed E-state index contributed by atoms with van der Waals surface area (Å²) in [5.74, 6) is -0.224. The van der Waals surface area contributed by atoms with Gasteiger partial charge in [-0.3, -0.25) is 9.10 Å². The van der Waals surface area contributed by atoms with E-state index in [-0.39, 0.29) is 16.8 Å². The van der Waals surface area contributed by atoms with Crippen LogP contribution in [0.4, 0.5) is 5.69 Å². The molecular weight excluding hydrogens is 420 g/mol. The maximum atomic E-state index is 12.8. The van der Waals surface area contributed by atoms with Crippen LogP contribution in [0.25, 0.3) is 0 Å². The molecule has 0 radical (unpaired) electrons. The van der Waals surface area contributed by atoms with Crippen LogP contribution in [0.3, 0.4) is 0 Å². The Kier molecular flexibility index (Phi) is 6.48. The van der Waals surface area contributed by atoms with Crippen molar-refractivity contribution in [1.82, 2.24) is 5.32 Å². The molecule has 1 atom stereocenters. The fourth-order valence-corrected chi connectivity index (χ4v) is 4.27. The molecule has 0 aliphatic heterocycles. The number of aryl methyl sites for hydroxylation is 1. The number of sulfonamides is 1. The summed E-state index contributed by atoms with van der Waals surface area (Å²) in [5, 5.41) is 3.42. The summed E-state index contributed by atoms with van der Waals surface area (Å²) >= 11 is 5.84. The molecule has 5 nitrogen and oxygen atoms in total. The lowest BCUT2D eigenvalue weighted by molar-refractivity contribution is 0.0940. The lowest BCUT2D eigenvalue weighted by Crippen LogP contribution is -2.28. The maximum Gasteiger partial charge on any atom is 0.264 e. The number of nitrogens with one attached hydrogen (secondary N) is 1. The van der Waals surface area contributed by atoms with E-state index >= 15 is 0 Å². The fourth-order valence-electron chi connectivity index (χ4n) is 2.94. The number of carbonyl (C=O) groups is 1. The van der Waals surface area contributed by atoms with Gasteiger partial charge in [-0.1, -0.05) is 41.4 Å². The Hall–Kier alpha value is -2.83. The van der Waals surface area contributed by atoms with Gasteiger partial charge in [-0.15, -0.1) is 0 Å². The summed E-state index contributed by atoms with van der Waals surface area (Å²) in [6.45, 7) is 3.93. The molecule has 0 unspecified atom stereocenters. The Balaban J connectivity index is 1.72. The van der Waals surface area contributed by atoms with Crippen molar-refractivity contribution in [1.29, 1.82) is 0 Å². The molecule has 0 bridgehead atoms. The second-order valence-electron chi connectivity index (χ2n) is 7.08. The zero-order valence-corrected chi connectivity index (χ0v) is 18.5. The molecule has 0 spiro atoms. The number of anilines is 1. The number of halogens is 1. The number of hydrogen-bond donors (Lipinski definition) is 1. The molecule has 3 aromatic rings. The van der Waals surface area contributed by atoms with Crippen molar-refractivity contribution in [3.05, 3.63) is 94.5 Å². The first-order chi connectivity index (χ1) is 14.2. The number of amides is 1. The molecule has 0 fully saturated rings. The van der Waals surface area contributed by atoms with Crippen LogP contribution in [0.2, 0.25) is 5.02 Å². The molecular formula is C23H23ClN2O3S. The van der Waals surface area contributed by atoms with Gasteiger partial charge in [0.15, 0.2) is 0 Å². The third-order valence-electron chi connectivity index (χ3n) is 4.89. The first-order valence-electron chi connectivity index (χ1n) is 9.40. The molecule has 30 heavy (non-hydrogen) atoms. The van der Waals surface area contributed by atoms with Gasteiger partial charge in [-0.25, -0.2) is 8.42 Å². The normalized spacial score (nSPS) is 12.3. The van der Waals surface area contributed by atoms with Crippen LogP contribution in [0.15, 0.2) is 77.7 Å². The highest BCUT2D eigenvalue weighted by Gasteiger charge is 2.21. The van der Waals surface area contributed by atoms with Gasteiger partial charge in [0.1, 0.15) is 0 Å². The van der Waals surface area contributed by atoms with Gasteiger partial charge < -0.3 is 5.32 Å². The van der Waals surface area contributed by atoms with Crippen LogP contribution in [-0.4, -0.2) is 21.4 Å². The van der Waals surface area contributed by atoms with E-state index in [0.717, 1.165) is 11.1 Å². The van der Waals surface area contributed by atoms with Crippen LogP contribution in [0.5, 0.6) is 0 Å². The molecule has 0 heterocycles. The van der Waals surface area contributed by atoms with Crippen LogP contribution in [0, 0.1) is 6.92 Å². The van der Waals surface area contributed by atoms with E-state index < -0.39 is 10.0 Å². The summed E-state index contributed by atoms with van der Waals surface area (Å²) in [7, 11) is -2.26. The summed E-state index contributed by atoms with van der Waals surface area (Å²) in [6, 6.07) is 20.3. The average Bonchev–Trinajstić information content (AvgIpc) is 2.74. The van der Waals surface area contributed by atoms with E-state index in [0.29, 0.717) is 16.3 Å². The molecule has 1 N–H and O–H groups in total. The van der Waals surface area contributed by atoms with Gasteiger partial charge in [-0.05, 0) is 67.9 Å². The minimum atomic E-state index is -3.73. The third-order valence-corrected chi connectivity index (χ3v) is 6.94. The summed E-state index contributed by atoms with van der Waals surface area (Å²) in [6.07, 6.45) is 0. The summed E-state index contributed by atoms with van der Waals surface area (Å²) < 4.78 is 26.8. The van der Waals surface area contributed by atoms with Crippen molar-refractivity contribution in [3.63, 3.8) is 0 Å². The quantitative estimate of drug-likeness (QED) is 0.586. The van der Waals surface area contributed by atoms with Crippen molar-refractivity contribution in [2.75, 3.05) is 11.4 Å². The number of benzene rings is 3. The third kappa shape index (κ3) is 4.83. The smallest absolute Gasteiger partial charge is 0.264 e. The monoisotopic (exact) mass is 442 g/mol. The van der Waals surface area contributed by atoms with E-state index in [4.69, 9.17) is 11.6 Å². The minimum absolute atomic E-state index is 0.142. The molecule has 0 saturated heterocycles. The Morgan fingerprint density at radius 2 is 1.50 bits per heavy atom. The Bertz CT molecular complexity index is 1130. The lowest BCUT2D eigenvalue weighted by Gasteiger charge is -2.20. The second-order valence-corrected chi connectivity index (χ2v) is 9.48. The van der Waals surface area contributed by atoms with E-state index in [1.54, 1.807) is 24.3 Å². The number of nitrogens with zero attached hydrogens (tertiary/aromatic N) is 1. The molecule has 0 aromatic heterocycles. The highest BCUT2D eigenvalue weighted by molar-refractivity contribution is 7.92. The average molecular weight is 443 g/mol. The highest BCUT2D eigenvalue weighted by atomic mass is 35.5. The Morgan fingerprint density at radius 3 is 2.07 bits per heavy atom. The Labute approximate surface area is 182 Å². The van der Waals surface area contributed by atoms with Gasteiger partial charge in [0.25, 0.3) is 15.9 Å². The highest BCUT2D eigenvalue weighted by Crippen LogP contribution is 2.24. The summed E-state index contributed by atoms with van der Waals surface area (Å²) in [4.78, 5) is 12.7. The molecule has 156 valence electrons. The molecule has 3 aromatic carbocycles. The second kappa shape index (κ2) is 8.90. The van der Waals surface area contributed by atoms with Gasteiger partial charge in [0, 0.05) is 17.6 Å². The van der Waals surface area contributed by atoms with Gasteiger partial charge in [-0.2, -0.15) is 0 Å². The largest absolute Gasteiger partial charge is 0.346 e. The van der Waals surface area contributed by atoms with E-state index in [1.165, 1.54) is 35.6 Å². The molecule has 0 aliphatic rings. The zero-order valence-electron chi connectivity index (χ0n) is 17.0. The van der Waals surface area contributed by atoms with Crippen molar-refractivity contribution in [2.45, 2.75) is 24.8 Å². The minimum Gasteiger partial charge on any atom is -0.346 e. The molecule has 0 saturated carbocycles. The van der Waals surface area contributed by atoms with Crippen molar-refractivity contribution < 1.29 is 13.2 Å². The van der Waals surface area contributed by atoms with Crippen LogP contribution in [0.1, 0.15) is 34.5 Å². The van der Waals surface area contributed by atoms with Gasteiger partial charge in [0.2, 0.25) is 0 Å². The predicted octanol–water partition coefficient (Wildman–Crippen LogP) is 4.96. The van der Waals surface area contributed by atoms with Crippen molar-refractivity contribution in [2.24, 2.45) is 0 Å². The topological polar surface area (TPSA) is 66.5 Å². The number of rotatable bonds is 6. The maximum absolute atomic E-state index is 12.8. The van der Waals surface area contributed by atoms with E-state index in [2.05, 4.69) is 5.32 Å². The van der Waals surface area contributed by atoms with Gasteiger partial charge >= 0.3 is 0 Å². The van der Waals surface area contributed by atoms with E-state index in [1.807, 2.05) is 38.1 Å². The van der Waals surface area contributed by atoms with Crippen molar-refractivity contribution in [3.8, 4) is 0 Å². The molecule has 1 amide bonds. The van der Waals surface area contributed by atoms with Gasteiger partial charge in [0.05, 0.1) is 16.6 Å². The summed E-state index contributed by atoms with van der Waals surface area (Å²) in [5.41, 5.74) is 3.08.